The minimum absolute atomic E-state index is 0.0356. The largest absolute Gasteiger partial charge is 0.354 e. The highest BCUT2D eigenvalue weighted by molar-refractivity contribution is 7.91. The maximum atomic E-state index is 13.0. The van der Waals surface area contributed by atoms with Gasteiger partial charge in [0.05, 0.1) is 4.90 Å². The van der Waals surface area contributed by atoms with Crippen molar-refractivity contribution in [2.75, 3.05) is 5.32 Å². The highest BCUT2D eigenvalue weighted by Gasteiger charge is 2.21. The van der Waals surface area contributed by atoms with Gasteiger partial charge in [-0.15, -0.1) is 0 Å². The number of aryl methyl sites for hydroxylation is 1. The highest BCUT2D eigenvalue weighted by Crippen LogP contribution is 2.34. The second-order valence-electron chi connectivity index (χ2n) is 7.72. The molecule has 0 aliphatic rings. The van der Waals surface area contributed by atoms with Gasteiger partial charge in [-0.3, -0.25) is 0 Å². The fourth-order valence-electron chi connectivity index (χ4n) is 3.64. The highest BCUT2D eigenvalue weighted by atomic mass is 32.2. The molecule has 168 valence electrons. The van der Waals surface area contributed by atoms with Gasteiger partial charge in [-0.2, -0.15) is 0 Å². The van der Waals surface area contributed by atoms with Crippen molar-refractivity contribution in [1.29, 1.82) is 0 Å². The standard InChI is InChI=1S/C27H21N3O3S/c1-19-26(27(33-30-19)22-17-15-21(16-18-22)20-9-4-2-5-10-20)29-24-13-8-14-25(28-24)34(31,32)23-11-6-3-7-12-23/h2-18H,1H3,(H,28,29). The first kappa shape index (κ1) is 21.6. The maximum Gasteiger partial charge on any atom is 0.223 e. The average Bonchev–Trinajstić information content (AvgIpc) is 3.25. The summed E-state index contributed by atoms with van der Waals surface area (Å²) in [6.45, 7) is 1.82. The number of aromatic nitrogens is 2. The van der Waals surface area contributed by atoms with Gasteiger partial charge >= 0.3 is 0 Å². The Morgan fingerprint density at radius 1 is 0.706 bits per heavy atom. The predicted octanol–water partition coefficient (Wildman–Crippen LogP) is 6.29. The molecule has 0 atom stereocenters. The molecule has 3 aromatic carbocycles. The van der Waals surface area contributed by atoms with Gasteiger partial charge in [0.15, 0.2) is 10.8 Å². The maximum absolute atomic E-state index is 13.0. The summed E-state index contributed by atoms with van der Waals surface area (Å²) in [5, 5.41) is 7.27. The number of nitrogens with zero attached hydrogens (tertiary/aromatic N) is 2. The van der Waals surface area contributed by atoms with Crippen LogP contribution in [0.1, 0.15) is 5.69 Å². The van der Waals surface area contributed by atoms with Crippen LogP contribution in [0.25, 0.3) is 22.5 Å². The zero-order valence-corrected chi connectivity index (χ0v) is 19.2. The Labute approximate surface area is 197 Å². The molecule has 6 nitrogen and oxygen atoms in total. The Morgan fingerprint density at radius 3 is 2.03 bits per heavy atom. The molecule has 0 saturated carbocycles. The van der Waals surface area contributed by atoms with E-state index in [9.17, 15) is 8.42 Å². The first-order valence-corrected chi connectivity index (χ1v) is 12.2. The lowest BCUT2D eigenvalue weighted by atomic mass is 10.0. The smallest absolute Gasteiger partial charge is 0.223 e. The number of nitrogens with one attached hydrogen (secondary N) is 1. The lowest BCUT2D eigenvalue weighted by Crippen LogP contribution is -2.06. The van der Waals surface area contributed by atoms with Gasteiger partial charge in [-0.1, -0.05) is 84.0 Å². The molecule has 0 aliphatic heterocycles. The van der Waals surface area contributed by atoms with E-state index in [4.69, 9.17) is 4.52 Å². The van der Waals surface area contributed by atoms with Crippen molar-refractivity contribution in [1.82, 2.24) is 10.1 Å². The van der Waals surface area contributed by atoms with Gasteiger partial charge < -0.3 is 9.84 Å². The number of benzene rings is 3. The average molecular weight is 468 g/mol. The Balaban J connectivity index is 1.45. The molecule has 0 amide bonds. The summed E-state index contributed by atoms with van der Waals surface area (Å²) in [6, 6.07) is 31.2. The van der Waals surface area contributed by atoms with Gasteiger partial charge in [0, 0.05) is 5.56 Å². The van der Waals surface area contributed by atoms with Crippen molar-refractivity contribution >= 4 is 21.3 Å². The molecule has 34 heavy (non-hydrogen) atoms. The summed E-state index contributed by atoms with van der Waals surface area (Å²) in [6.07, 6.45) is 0. The van der Waals surface area contributed by atoms with Crippen LogP contribution in [0.4, 0.5) is 11.5 Å². The van der Waals surface area contributed by atoms with E-state index in [1.54, 1.807) is 42.5 Å². The fourth-order valence-corrected chi connectivity index (χ4v) is 4.87. The minimum Gasteiger partial charge on any atom is -0.354 e. The Bertz CT molecular complexity index is 1530. The molecule has 2 heterocycles. The van der Waals surface area contributed by atoms with E-state index in [0.29, 0.717) is 23.0 Å². The van der Waals surface area contributed by atoms with Crippen LogP contribution in [-0.4, -0.2) is 18.6 Å². The van der Waals surface area contributed by atoms with E-state index in [2.05, 4.69) is 27.6 Å². The SMILES string of the molecule is Cc1noc(-c2ccc(-c3ccccc3)cc2)c1Nc1cccc(S(=O)(=O)c2ccccc2)n1. The van der Waals surface area contributed by atoms with Crippen molar-refractivity contribution in [3.63, 3.8) is 0 Å². The number of hydrogen-bond donors (Lipinski definition) is 1. The molecule has 0 aliphatic carbocycles. The fraction of sp³-hybridized carbons (Fsp3) is 0.0370. The van der Waals surface area contributed by atoms with Crippen LogP contribution in [0.15, 0.2) is 118 Å². The van der Waals surface area contributed by atoms with Gasteiger partial charge in [-0.25, -0.2) is 13.4 Å². The predicted molar refractivity (Wildman–Crippen MR) is 132 cm³/mol. The van der Waals surface area contributed by atoms with Crippen LogP contribution in [0, 0.1) is 6.92 Å². The lowest BCUT2D eigenvalue weighted by molar-refractivity contribution is 0.427. The Kier molecular flexibility index (Phi) is 5.69. The van der Waals surface area contributed by atoms with E-state index in [1.165, 1.54) is 6.07 Å². The summed E-state index contributed by atoms with van der Waals surface area (Å²) in [5.41, 5.74) is 4.34. The van der Waals surface area contributed by atoms with E-state index in [1.807, 2.05) is 49.4 Å². The Hall–Kier alpha value is -4.23. The quantitative estimate of drug-likeness (QED) is 0.316. The number of sulfone groups is 1. The first-order chi connectivity index (χ1) is 16.5. The monoisotopic (exact) mass is 467 g/mol. The van der Waals surface area contributed by atoms with Crippen molar-refractivity contribution in [3.05, 3.63) is 109 Å². The lowest BCUT2D eigenvalue weighted by Gasteiger charge is -2.09. The normalized spacial score (nSPS) is 11.3. The molecule has 0 spiro atoms. The van der Waals surface area contributed by atoms with Gasteiger partial charge in [0.1, 0.15) is 17.2 Å². The van der Waals surface area contributed by atoms with Gasteiger partial charge in [-0.05, 0) is 42.3 Å². The van der Waals surface area contributed by atoms with Crippen molar-refractivity contribution in [2.24, 2.45) is 0 Å². The van der Waals surface area contributed by atoms with E-state index < -0.39 is 9.84 Å². The summed E-state index contributed by atoms with van der Waals surface area (Å²) >= 11 is 0. The zero-order valence-electron chi connectivity index (χ0n) is 18.3. The van der Waals surface area contributed by atoms with Gasteiger partial charge in [0.2, 0.25) is 9.84 Å². The molecule has 5 aromatic rings. The van der Waals surface area contributed by atoms with Crippen molar-refractivity contribution in [2.45, 2.75) is 16.8 Å². The van der Waals surface area contributed by atoms with E-state index in [0.717, 1.165) is 16.7 Å². The van der Waals surface area contributed by atoms with E-state index >= 15 is 0 Å². The van der Waals surface area contributed by atoms with Crippen LogP contribution in [0.2, 0.25) is 0 Å². The number of rotatable bonds is 6. The first-order valence-electron chi connectivity index (χ1n) is 10.7. The molecule has 2 aromatic heterocycles. The third-order valence-electron chi connectivity index (χ3n) is 5.42. The number of anilines is 2. The molecule has 7 heteroatoms. The summed E-state index contributed by atoms with van der Waals surface area (Å²) in [7, 11) is -3.73. The summed E-state index contributed by atoms with van der Waals surface area (Å²) in [5.74, 6) is 0.931. The van der Waals surface area contributed by atoms with Crippen LogP contribution in [-0.2, 0) is 9.84 Å². The van der Waals surface area contributed by atoms with Crippen LogP contribution >= 0.6 is 0 Å². The number of hydrogen-bond acceptors (Lipinski definition) is 6. The number of pyridine rings is 1. The molecule has 0 saturated heterocycles. The van der Waals surface area contributed by atoms with Crippen LogP contribution in [0.3, 0.4) is 0 Å². The molecular weight excluding hydrogens is 446 g/mol. The van der Waals surface area contributed by atoms with Crippen molar-refractivity contribution < 1.29 is 12.9 Å². The van der Waals surface area contributed by atoms with Crippen LogP contribution in [0.5, 0.6) is 0 Å². The zero-order chi connectivity index (χ0) is 23.5. The van der Waals surface area contributed by atoms with E-state index in [-0.39, 0.29) is 9.92 Å². The third kappa shape index (κ3) is 4.21. The molecule has 0 bridgehead atoms. The third-order valence-corrected chi connectivity index (χ3v) is 7.09. The second-order valence-corrected chi connectivity index (χ2v) is 9.61. The minimum atomic E-state index is -3.73. The molecule has 0 unspecified atom stereocenters. The second kappa shape index (κ2) is 8.96. The van der Waals surface area contributed by atoms with Gasteiger partial charge in [0.25, 0.3) is 0 Å². The molecule has 5 rings (SSSR count). The molecule has 1 N–H and O–H groups in total. The topological polar surface area (TPSA) is 85.1 Å². The molecule has 0 radical (unpaired) electrons. The molecule has 0 fully saturated rings. The summed E-state index contributed by atoms with van der Waals surface area (Å²) < 4.78 is 31.6. The van der Waals surface area contributed by atoms with Crippen molar-refractivity contribution in [3.8, 4) is 22.5 Å². The summed E-state index contributed by atoms with van der Waals surface area (Å²) in [4.78, 5) is 4.55. The van der Waals surface area contributed by atoms with Crippen LogP contribution < -0.4 is 5.32 Å². The molecular formula is C27H21N3O3S. The Morgan fingerprint density at radius 2 is 1.32 bits per heavy atom.